The van der Waals surface area contributed by atoms with Crippen molar-refractivity contribution in [2.75, 3.05) is 17.9 Å². The molecule has 0 bridgehead atoms. The lowest BCUT2D eigenvalue weighted by atomic mass is 10.2. The van der Waals surface area contributed by atoms with Crippen LogP contribution in [0.3, 0.4) is 0 Å². The number of rotatable bonds is 5. The van der Waals surface area contributed by atoms with Gasteiger partial charge in [-0.3, -0.25) is 9.40 Å². The van der Waals surface area contributed by atoms with Crippen molar-refractivity contribution in [1.82, 2.24) is 19.7 Å². The summed E-state index contributed by atoms with van der Waals surface area (Å²) < 4.78 is 54.5. The highest BCUT2D eigenvalue weighted by molar-refractivity contribution is 7.92. The zero-order valence-corrected chi connectivity index (χ0v) is 16.5. The zero-order valence-electron chi connectivity index (χ0n) is 15.7. The lowest BCUT2D eigenvalue weighted by molar-refractivity contribution is 0.252. The molecule has 3 aromatic rings. The number of nitrogens with one attached hydrogen (secondary N) is 1. The van der Waals surface area contributed by atoms with Crippen molar-refractivity contribution in [3.63, 3.8) is 0 Å². The van der Waals surface area contributed by atoms with Crippen LogP contribution in [0.5, 0.6) is 11.8 Å². The van der Waals surface area contributed by atoms with E-state index in [-0.39, 0.29) is 24.2 Å². The molecule has 11 heteroatoms. The molecule has 1 atom stereocenters. The van der Waals surface area contributed by atoms with E-state index in [2.05, 4.69) is 19.8 Å². The minimum atomic E-state index is -4.18. The molecule has 4 heterocycles. The molecule has 4 rings (SSSR count). The molecule has 0 aliphatic carbocycles. The van der Waals surface area contributed by atoms with Crippen molar-refractivity contribution >= 4 is 15.7 Å². The summed E-state index contributed by atoms with van der Waals surface area (Å²) in [6.07, 6.45) is 3.89. The number of hydrogen-bond donors (Lipinski definition) is 1. The topological polar surface area (TPSA) is 108 Å². The summed E-state index contributed by atoms with van der Waals surface area (Å²) >= 11 is 0. The first-order valence-electron chi connectivity index (χ1n) is 8.87. The van der Waals surface area contributed by atoms with Crippen molar-refractivity contribution in [2.45, 2.75) is 24.8 Å². The maximum Gasteiger partial charge on any atom is 0.267 e. The molecular formula is C18H18FN5O4S. The smallest absolute Gasteiger partial charge is 0.267 e. The maximum atomic E-state index is 13.6. The molecule has 0 saturated heterocycles. The van der Waals surface area contributed by atoms with Gasteiger partial charge in [0.2, 0.25) is 11.8 Å². The van der Waals surface area contributed by atoms with Gasteiger partial charge < -0.3 is 9.47 Å². The molecule has 0 fully saturated rings. The average Bonchev–Trinajstić information content (AvgIpc) is 3.13. The van der Waals surface area contributed by atoms with Crippen molar-refractivity contribution in [3.05, 3.63) is 42.6 Å². The second-order valence-corrected chi connectivity index (χ2v) is 8.04. The highest BCUT2D eigenvalue weighted by Gasteiger charge is 2.25. The quantitative estimate of drug-likeness (QED) is 0.677. The predicted molar refractivity (Wildman–Crippen MR) is 102 cm³/mol. The van der Waals surface area contributed by atoms with E-state index in [9.17, 15) is 12.8 Å². The molecule has 0 spiro atoms. The molecular weight excluding hydrogens is 401 g/mol. The van der Waals surface area contributed by atoms with Crippen LogP contribution in [-0.4, -0.2) is 41.4 Å². The largest absolute Gasteiger partial charge is 0.477 e. The van der Waals surface area contributed by atoms with Crippen molar-refractivity contribution in [2.24, 2.45) is 0 Å². The predicted octanol–water partition coefficient (Wildman–Crippen LogP) is 2.63. The Morgan fingerprint density at radius 3 is 2.97 bits per heavy atom. The van der Waals surface area contributed by atoms with E-state index >= 15 is 0 Å². The summed E-state index contributed by atoms with van der Waals surface area (Å²) in [5.41, 5.74) is 1.52. The fraction of sp³-hybridized carbons (Fsp3) is 0.278. The zero-order chi connectivity index (χ0) is 20.6. The molecule has 1 N–H and O–H groups in total. The molecule has 0 radical (unpaired) electrons. The fourth-order valence-electron chi connectivity index (χ4n) is 3.01. The van der Waals surface area contributed by atoms with Gasteiger partial charge in [-0.2, -0.15) is 5.10 Å². The molecule has 9 nitrogen and oxygen atoms in total. The third-order valence-corrected chi connectivity index (χ3v) is 5.66. The number of nitrogens with zero attached hydrogens (tertiary/aromatic N) is 4. The van der Waals surface area contributed by atoms with Crippen molar-refractivity contribution < 1.29 is 22.3 Å². The summed E-state index contributed by atoms with van der Waals surface area (Å²) in [6.45, 7) is 4.20. The molecule has 0 amide bonds. The average molecular weight is 419 g/mol. The Labute approximate surface area is 166 Å². The van der Waals surface area contributed by atoms with Crippen LogP contribution in [0.4, 0.5) is 10.1 Å². The number of sulfonamides is 1. The molecule has 3 aromatic heterocycles. The number of anilines is 1. The van der Waals surface area contributed by atoms with E-state index in [1.807, 2.05) is 6.92 Å². The van der Waals surface area contributed by atoms with Gasteiger partial charge in [-0.15, -0.1) is 0 Å². The van der Waals surface area contributed by atoms with Crippen LogP contribution in [0.15, 0.2) is 41.7 Å². The maximum absolute atomic E-state index is 13.6. The van der Waals surface area contributed by atoms with E-state index in [0.29, 0.717) is 18.1 Å². The van der Waals surface area contributed by atoms with Gasteiger partial charge in [-0.25, -0.2) is 22.8 Å². The van der Waals surface area contributed by atoms with Gasteiger partial charge in [-0.05, 0) is 26.0 Å². The van der Waals surface area contributed by atoms with Crippen LogP contribution in [0.25, 0.3) is 11.3 Å². The van der Waals surface area contributed by atoms with Crippen molar-refractivity contribution in [3.8, 4) is 23.0 Å². The SMILES string of the molecule is CCOc1ncc(F)cc1S(=O)(=O)Nc1cnc2c(c1)-c1ccnn1[C@@H](C)CO2. The fourth-order valence-corrected chi connectivity index (χ4v) is 4.15. The number of halogens is 1. The second-order valence-electron chi connectivity index (χ2n) is 6.39. The minimum absolute atomic E-state index is 0.0125. The van der Waals surface area contributed by atoms with Crippen LogP contribution in [0.2, 0.25) is 0 Å². The molecule has 0 saturated carbocycles. The highest BCUT2D eigenvalue weighted by Crippen LogP contribution is 2.35. The molecule has 152 valence electrons. The van der Waals surface area contributed by atoms with Gasteiger partial charge in [0.15, 0.2) is 4.90 Å². The van der Waals surface area contributed by atoms with Crippen LogP contribution < -0.4 is 14.2 Å². The van der Waals surface area contributed by atoms with Crippen LogP contribution in [0.1, 0.15) is 19.9 Å². The lowest BCUT2D eigenvalue weighted by Crippen LogP contribution is -2.16. The first kappa shape index (κ1) is 19.1. The van der Waals surface area contributed by atoms with Crippen LogP contribution in [0, 0.1) is 5.82 Å². The summed E-state index contributed by atoms with van der Waals surface area (Å²) in [5, 5.41) is 4.29. The van der Waals surface area contributed by atoms with Gasteiger partial charge in [0.05, 0.1) is 42.0 Å². The standard InChI is InChI=1S/C18H18FN5O4S/c1-3-27-18-16(6-12(19)8-20-18)29(25,26)23-13-7-14-15-4-5-22-24(15)11(2)10-28-17(14)21-9-13/h4-9,11,23H,3,10H2,1-2H3/t11-/m0/s1. The first-order chi connectivity index (χ1) is 13.9. The highest BCUT2D eigenvalue weighted by atomic mass is 32.2. The Kier molecular flexibility index (Phi) is 4.82. The molecule has 1 aliphatic heterocycles. The number of ether oxygens (including phenoxy) is 2. The minimum Gasteiger partial charge on any atom is -0.477 e. The molecule has 1 aliphatic rings. The third kappa shape index (κ3) is 3.60. The summed E-state index contributed by atoms with van der Waals surface area (Å²) in [6, 6.07) is 4.24. The van der Waals surface area contributed by atoms with Gasteiger partial charge >= 0.3 is 0 Å². The summed E-state index contributed by atoms with van der Waals surface area (Å²) in [7, 11) is -4.18. The van der Waals surface area contributed by atoms with E-state index < -0.39 is 20.7 Å². The van der Waals surface area contributed by atoms with E-state index in [1.54, 1.807) is 29.9 Å². The van der Waals surface area contributed by atoms with Crippen LogP contribution in [-0.2, 0) is 10.0 Å². The Morgan fingerprint density at radius 1 is 1.34 bits per heavy atom. The van der Waals surface area contributed by atoms with Gasteiger partial charge in [-0.1, -0.05) is 0 Å². The van der Waals surface area contributed by atoms with E-state index in [1.165, 1.54) is 6.20 Å². The number of aromatic nitrogens is 4. The Morgan fingerprint density at radius 2 is 2.17 bits per heavy atom. The number of hydrogen-bond acceptors (Lipinski definition) is 7. The third-order valence-electron chi connectivity index (χ3n) is 4.28. The normalized spacial score (nSPS) is 15.6. The second kappa shape index (κ2) is 7.32. The molecule has 0 unspecified atom stereocenters. The summed E-state index contributed by atoms with van der Waals surface area (Å²) in [5.74, 6) is -0.596. The molecule has 0 aromatic carbocycles. The van der Waals surface area contributed by atoms with Crippen LogP contribution >= 0.6 is 0 Å². The van der Waals surface area contributed by atoms with Gasteiger partial charge in [0, 0.05) is 12.3 Å². The van der Waals surface area contributed by atoms with Crippen molar-refractivity contribution in [1.29, 1.82) is 0 Å². The Balaban J connectivity index is 1.73. The first-order valence-corrected chi connectivity index (χ1v) is 10.3. The Bertz CT molecular complexity index is 1160. The van der Waals surface area contributed by atoms with E-state index in [4.69, 9.17) is 9.47 Å². The number of fused-ring (bicyclic) bond motifs is 3. The van der Waals surface area contributed by atoms with E-state index in [0.717, 1.165) is 18.0 Å². The lowest BCUT2D eigenvalue weighted by Gasteiger charge is -2.13. The Hall–Kier alpha value is -3.21. The number of pyridine rings is 2. The van der Waals surface area contributed by atoms with Gasteiger partial charge in [0.25, 0.3) is 10.0 Å². The summed E-state index contributed by atoms with van der Waals surface area (Å²) in [4.78, 5) is 7.56. The monoisotopic (exact) mass is 419 g/mol. The molecule has 29 heavy (non-hydrogen) atoms. The van der Waals surface area contributed by atoms with Gasteiger partial charge in [0.1, 0.15) is 12.4 Å².